The summed E-state index contributed by atoms with van der Waals surface area (Å²) in [5, 5.41) is 0. The summed E-state index contributed by atoms with van der Waals surface area (Å²) in [6.07, 6.45) is -0.568. The molecule has 2 unspecified atom stereocenters. The molecule has 0 N–H and O–H groups in total. The van der Waals surface area contributed by atoms with Crippen molar-refractivity contribution in [2.45, 2.75) is 45.5 Å². The summed E-state index contributed by atoms with van der Waals surface area (Å²) in [4.78, 5) is 11.7. The van der Waals surface area contributed by atoms with Gasteiger partial charge in [-0.25, -0.2) is 4.79 Å². The van der Waals surface area contributed by atoms with Crippen LogP contribution in [-0.4, -0.2) is 18.2 Å². The van der Waals surface area contributed by atoms with Crippen molar-refractivity contribution in [3.05, 3.63) is 35.4 Å². The number of ether oxygens (including phenoxy) is 2. The zero-order valence-electron chi connectivity index (χ0n) is 10.7. The second kappa shape index (κ2) is 4.15. The van der Waals surface area contributed by atoms with Crippen LogP contribution in [0.25, 0.3) is 0 Å². The van der Waals surface area contributed by atoms with Gasteiger partial charge in [0.2, 0.25) is 0 Å². The van der Waals surface area contributed by atoms with Crippen molar-refractivity contribution in [2.75, 3.05) is 0 Å². The summed E-state index contributed by atoms with van der Waals surface area (Å²) in [5.41, 5.74) is 1.70. The predicted octanol–water partition coefficient (Wildman–Crippen LogP) is 2.56. The highest BCUT2D eigenvalue weighted by Crippen LogP contribution is 2.46. The van der Waals surface area contributed by atoms with Gasteiger partial charge in [-0.05, 0) is 33.3 Å². The van der Waals surface area contributed by atoms with Crippen molar-refractivity contribution in [1.29, 1.82) is 0 Å². The molecule has 1 heterocycles. The maximum absolute atomic E-state index is 11.7. The van der Waals surface area contributed by atoms with Crippen molar-refractivity contribution in [3.8, 4) is 0 Å². The Kier molecular flexibility index (Phi) is 2.96. The van der Waals surface area contributed by atoms with Crippen LogP contribution in [0.15, 0.2) is 24.3 Å². The normalized spacial score (nSPS) is 27.0. The fourth-order valence-corrected chi connectivity index (χ4v) is 1.88. The van der Waals surface area contributed by atoms with Crippen molar-refractivity contribution >= 4 is 5.97 Å². The van der Waals surface area contributed by atoms with Crippen molar-refractivity contribution in [2.24, 2.45) is 0 Å². The molecule has 92 valence electrons. The molecule has 2 atom stereocenters. The highest BCUT2D eigenvalue weighted by Gasteiger charge is 2.59. The van der Waals surface area contributed by atoms with Gasteiger partial charge in [0.05, 0.1) is 6.10 Å². The molecule has 1 aromatic carbocycles. The minimum atomic E-state index is -0.514. The van der Waals surface area contributed by atoms with Crippen LogP contribution in [0, 0.1) is 6.92 Å². The van der Waals surface area contributed by atoms with Gasteiger partial charge in [-0.2, -0.15) is 0 Å². The summed E-state index contributed by atoms with van der Waals surface area (Å²) in [6.45, 7) is 7.63. The van der Waals surface area contributed by atoms with Crippen LogP contribution in [0.5, 0.6) is 0 Å². The summed E-state index contributed by atoms with van der Waals surface area (Å²) >= 11 is 0. The van der Waals surface area contributed by atoms with Crippen LogP contribution in [-0.2, 0) is 19.9 Å². The number of esters is 1. The highest BCUT2D eigenvalue weighted by molar-refractivity contribution is 5.80. The summed E-state index contributed by atoms with van der Waals surface area (Å²) in [7, 11) is 0. The molecule has 1 aliphatic rings. The first kappa shape index (κ1) is 12.1. The third-order valence-electron chi connectivity index (χ3n) is 3.00. The Balaban J connectivity index is 2.09. The van der Waals surface area contributed by atoms with E-state index < -0.39 is 11.7 Å². The van der Waals surface area contributed by atoms with E-state index in [2.05, 4.69) is 0 Å². The number of benzene rings is 1. The molecule has 1 aliphatic heterocycles. The molecule has 3 heteroatoms. The number of epoxide rings is 1. The van der Waals surface area contributed by atoms with Crippen LogP contribution in [0.3, 0.4) is 0 Å². The van der Waals surface area contributed by atoms with E-state index >= 15 is 0 Å². The fourth-order valence-electron chi connectivity index (χ4n) is 1.88. The van der Waals surface area contributed by atoms with E-state index in [0.717, 1.165) is 5.56 Å². The first-order valence-electron chi connectivity index (χ1n) is 5.89. The number of hydrogen-bond donors (Lipinski definition) is 0. The largest absolute Gasteiger partial charge is 0.461 e. The zero-order valence-corrected chi connectivity index (χ0v) is 10.7. The van der Waals surface area contributed by atoms with Gasteiger partial charge in [0.1, 0.15) is 5.60 Å². The molecule has 17 heavy (non-hydrogen) atoms. The lowest BCUT2D eigenvalue weighted by Crippen LogP contribution is -2.21. The van der Waals surface area contributed by atoms with Gasteiger partial charge in [-0.1, -0.05) is 29.8 Å². The number of rotatable bonds is 3. The maximum atomic E-state index is 11.7. The van der Waals surface area contributed by atoms with Gasteiger partial charge in [0, 0.05) is 0 Å². The van der Waals surface area contributed by atoms with E-state index in [4.69, 9.17) is 9.47 Å². The van der Waals surface area contributed by atoms with Gasteiger partial charge >= 0.3 is 5.97 Å². The Morgan fingerprint density at radius 1 is 1.35 bits per heavy atom. The van der Waals surface area contributed by atoms with E-state index in [9.17, 15) is 4.79 Å². The fraction of sp³-hybridized carbons (Fsp3) is 0.500. The van der Waals surface area contributed by atoms with E-state index in [0.29, 0.717) is 0 Å². The standard InChI is InChI=1S/C14H18O3/c1-9(2)16-13(15)12-14(4,17-12)11-7-5-10(3)6-8-11/h5-9,12H,1-4H3. The smallest absolute Gasteiger partial charge is 0.338 e. The zero-order chi connectivity index (χ0) is 12.6. The third-order valence-corrected chi connectivity index (χ3v) is 3.00. The molecule has 0 saturated carbocycles. The monoisotopic (exact) mass is 234 g/mol. The van der Waals surface area contributed by atoms with Gasteiger partial charge in [-0.15, -0.1) is 0 Å². The molecule has 1 saturated heterocycles. The summed E-state index contributed by atoms with van der Waals surface area (Å²) in [5.74, 6) is -0.275. The van der Waals surface area contributed by atoms with Crippen molar-refractivity contribution in [1.82, 2.24) is 0 Å². The Labute approximate surface area is 102 Å². The van der Waals surface area contributed by atoms with Gasteiger partial charge in [0.25, 0.3) is 0 Å². The third kappa shape index (κ3) is 2.34. The van der Waals surface area contributed by atoms with Crippen LogP contribution in [0.1, 0.15) is 31.9 Å². The van der Waals surface area contributed by atoms with Gasteiger partial charge in [-0.3, -0.25) is 0 Å². The number of aryl methyl sites for hydroxylation is 1. The van der Waals surface area contributed by atoms with Crippen molar-refractivity contribution < 1.29 is 14.3 Å². The minimum absolute atomic E-state index is 0.103. The minimum Gasteiger partial charge on any atom is -0.461 e. The lowest BCUT2D eigenvalue weighted by Gasteiger charge is -2.09. The molecule has 3 nitrogen and oxygen atoms in total. The molecule has 0 amide bonds. The van der Waals surface area contributed by atoms with E-state index in [1.165, 1.54) is 5.56 Å². The Bertz CT molecular complexity index is 422. The average Bonchev–Trinajstić information content (AvgIpc) is 2.92. The molecule has 0 radical (unpaired) electrons. The molecule has 1 fully saturated rings. The average molecular weight is 234 g/mol. The van der Waals surface area contributed by atoms with E-state index in [1.807, 2.05) is 52.0 Å². The first-order chi connectivity index (χ1) is 7.93. The molecule has 0 spiro atoms. The van der Waals surface area contributed by atoms with E-state index in [-0.39, 0.29) is 12.1 Å². The maximum Gasteiger partial charge on any atom is 0.338 e. The second-order valence-electron chi connectivity index (χ2n) is 4.96. The second-order valence-corrected chi connectivity index (χ2v) is 4.96. The molecule has 0 aliphatic carbocycles. The first-order valence-corrected chi connectivity index (χ1v) is 5.89. The molecule has 0 aromatic heterocycles. The molecular weight excluding hydrogens is 216 g/mol. The van der Waals surface area contributed by atoms with Gasteiger partial charge < -0.3 is 9.47 Å². The molecule has 2 rings (SSSR count). The quantitative estimate of drug-likeness (QED) is 0.596. The lowest BCUT2D eigenvalue weighted by atomic mass is 9.96. The molecular formula is C14H18O3. The van der Waals surface area contributed by atoms with Gasteiger partial charge in [0.15, 0.2) is 6.10 Å². The van der Waals surface area contributed by atoms with Crippen LogP contribution < -0.4 is 0 Å². The number of hydrogen-bond acceptors (Lipinski definition) is 3. The predicted molar refractivity (Wildman–Crippen MR) is 64.6 cm³/mol. The Morgan fingerprint density at radius 3 is 2.47 bits per heavy atom. The van der Waals surface area contributed by atoms with E-state index in [1.54, 1.807) is 0 Å². The summed E-state index contributed by atoms with van der Waals surface area (Å²) in [6, 6.07) is 8.04. The Morgan fingerprint density at radius 2 is 1.94 bits per heavy atom. The van der Waals surface area contributed by atoms with Crippen LogP contribution >= 0.6 is 0 Å². The van der Waals surface area contributed by atoms with Crippen molar-refractivity contribution in [3.63, 3.8) is 0 Å². The Hall–Kier alpha value is -1.35. The number of carbonyl (C=O) groups excluding carboxylic acids is 1. The topological polar surface area (TPSA) is 38.8 Å². The van der Waals surface area contributed by atoms with Crippen LogP contribution in [0.2, 0.25) is 0 Å². The summed E-state index contributed by atoms with van der Waals surface area (Å²) < 4.78 is 10.7. The highest BCUT2D eigenvalue weighted by atomic mass is 16.7. The lowest BCUT2D eigenvalue weighted by molar-refractivity contribution is -0.148. The molecule has 1 aromatic rings. The SMILES string of the molecule is Cc1ccc(C2(C)OC2C(=O)OC(C)C)cc1. The van der Waals surface area contributed by atoms with Crippen LogP contribution in [0.4, 0.5) is 0 Å². The molecule has 0 bridgehead atoms. The number of carbonyl (C=O) groups is 1.